The Morgan fingerprint density at radius 2 is 2.16 bits per heavy atom. The average molecular weight is 268 g/mol. The third-order valence-corrected chi connectivity index (χ3v) is 4.05. The van der Waals surface area contributed by atoms with Crippen molar-refractivity contribution in [3.8, 4) is 0 Å². The maximum Gasteiger partial charge on any atom is 0.238 e. The van der Waals surface area contributed by atoms with Crippen molar-refractivity contribution in [1.82, 2.24) is 20.9 Å². The Balaban J connectivity index is 1.65. The highest BCUT2D eigenvalue weighted by molar-refractivity contribution is 5.86. The van der Waals surface area contributed by atoms with Crippen LogP contribution in [0, 0.1) is 5.92 Å². The second-order valence-electron chi connectivity index (χ2n) is 5.36. The predicted molar refractivity (Wildman–Crippen MR) is 72.6 cm³/mol. The molecule has 0 aliphatic carbocycles. The summed E-state index contributed by atoms with van der Waals surface area (Å²) < 4.78 is 0. The molecule has 19 heavy (non-hydrogen) atoms. The van der Waals surface area contributed by atoms with E-state index in [4.69, 9.17) is 0 Å². The number of nitrogens with zero attached hydrogens (tertiary/aromatic N) is 1. The lowest BCUT2D eigenvalue weighted by atomic mass is 9.96. The third kappa shape index (κ3) is 4.18. The number of nitrogens with one attached hydrogen (secondary N) is 3. The van der Waals surface area contributed by atoms with Gasteiger partial charge in [0.1, 0.15) is 6.04 Å². The van der Waals surface area contributed by atoms with E-state index in [1.54, 1.807) is 0 Å². The number of hydrogen-bond donors (Lipinski definition) is 3. The number of likely N-dealkylation sites (tertiary alicyclic amines) is 1. The molecule has 0 saturated carbocycles. The van der Waals surface area contributed by atoms with Gasteiger partial charge in [0.2, 0.25) is 11.8 Å². The largest absolute Gasteiger partial charge is 0.354 e. The summed E-state index contributed by atoms with van der Waals surface area (Å²) in [6.07, 6.45) is 2.31. The number of hydrogen-bond acceptors (Lipinski definition) is 4. The van der Waals surface area contributed by atoms with Crippen molar-refractivity contribution >= 4 is 11.8 Å². The Labute approximate surface area is 114 Å². The summed E-state index contributed by atoms with van der Waals surface area (Å²) in [7, 11) is 0. The van der Waals surface area contributed by atoms with Crippen LogP contribution < -0.4 is 16.0 Å². The summed E-state index contributed by atoms with van der Waals surface area (Å²) in [6, 6.07) is -0.284. The first kappa shape index (κ1) is 14.3. The van der Waals surface area contributed by atoms with E-state index in [9.17, 15) is 9.59 Å². The van der Waals surface area contributed by atoms with Crippen LogP contribution in [0.3, 0.4) is 0 Å². The molecule has 0 spiro atoms. The molecule has 2 heterocycles. The zero-order valence-electron chi connectivity index (χ0n) is 11.6. The van der Waals surface area contributed by atoms with E-state index in [1.165, 1.54) is 0 Å². The van der Waals surface area contributed by atoms with Gasteiger partial charge in [-0.2, -0.15) is 0 Å². The van der Waals surface area contributed by atoms with Crippen molar-refractivity contribution < 1.29 is 9.59 Å². The van der Waals surface area contributed by atoms with Crippen LogP contribution in [0.5, 0.6) is 0 Å². The van der Waals surface area contributed by atoms with Crippen LogP contribution in [0.25, 0.3) is 0 Å². The van der Waals surface area contributed by atoms with Gasteiger partial charge in [0.05, 0.1) is 6.54 Å². The van der Waals surface area contributed by atoms with Crippen LogP contribution in [-0.2, 0) is 9.59 Å². The van der Waals surface area contributed by atoms with E-state index in [0.29, 0.717) is 12.5 Å². The lowest BCUT2D eigenvalue weighted by molar-refractivity contribution is -0.126. The van der Waals surface area contributed by atoms with Gasteiger partial charge in [-0.3, -0.25) is 14.9 Å². The molecule has 2 aliphatic heterocycles. The Kier molecular flexibility index (Phi) is 5.15. The highest BCUT2D eigenvalue weighted by Crippen LogP contribution is 2.15. The van der Waals surface area contributed by atoms with Gasteiger partial charge >= 0.3 is 0 Å². The number of amides is 2. The van der Waals surface area contributed by atoms with Crippen molar-refractivity contribution in [1.29, 1.82) is 0 Å². The van der Waals surface area contributed by atoms with Gasteiger partial charge in [-0.25, -0.2) is 0 Å². The predicted octanol–water partition coefficient (Wildman–Crippen LogP) is -1.08. The molecule has 1 unspecified atom stereocenters. The molecular weight excluding hydrogens is 244 g/mol. The summed E-state index contributed by atoms with van der Waals surface area (Å²) in [5, 5.41) is 8.63. The van der Waals surface area contributed by atoms with Crippen LogP contribution in [0.2, 0.25) is 0 Å². The maximum atomic E-state index is 11.9. The average Bonchev–Trinajstić information content (AvgIpc) is 2.46. The summed E-state index contributed by atoms with van der Waals surface area (Å²) in [6.45, 7) is 6.94. The van der Waals surface area contributed by atoms with Crippen molar-refractivity contribution in [3.63, 3.8) is 0 Å². The molecule has 2 fully saturated rings. The first-order valence-electron chi connectivity index (χ1n) is 7.19. The van der Waals surface area contributed by atoms with Gasteiger partial charge in [0.15, 0.2) is 0 Å². The summed E-state index contributed by atoms with van der Waals surface area (Å²) in [4.78, 5) is 25.4. The lowest BCUT2D eigenvalue weighted by Crippen LogP contribution is -2.58. The second-order valence-corrected chi connectivity index (χ2v) is 5.36. The Morgan fingerprint density at radius 3 is 2.74 bits per heavy atom. The maximum absolute atomic E-state index is 11.9. The molecule has 0 bridgehead atoms. The lowest BCUT2D eigenvalue weighted by Gasteiger charge is -2.31. The number of piperazine rings is 1. The zero-order valence-corrected chi connectivity index (χ0v) is 11.6. The minimum Gasteiger partial charge on any atom is -0.354 e. The molecule has 108 valence electrons. The molecule has 0 radical (unpaired) electrons. The minimum atomic E-state index is -0.284. The van der Waals surface area contributed by atoms with Gasteiger partial charge in [0.25, 0.3) is 0 Å². The fourth-order valence-corrected chi connectivity index (χ4v) is 2.63. The molecule has 3 N–H and O–H groups in total. The monoisotopic (exact) mass is 268 g/mol. The van der Waals surface area contributed by atoms with Crippen molar-refractivity contribution in [3.05, 3.63) is 0 Å². The minimum absolute atomic E-state index is 0.00192. The third-order valence-electron chi connectivity index (χ3n) is 4.05. The highest BCUT2D eigenvalue weighted by Gasteiger charge is 2.25. The SMILES string of the molecule is CCN1CCC(CNC(=O)C2CNC(=O)CN2)CC1. The number of carbonyl (C=O) groups is 2. The van der Waals surface area contributed by atoms with Crippen molar-refractivity contribution in [2.45, 2.75) is 25.8 Å². The van der Waals surface area contributed by atoms with E-state index in [-0.39, 0.29) is 24.4 Å². The fraction of sp³-hybridized carbons (Fsp3) is 0.846. The quantitative estimate of drug-likeness (QED) is 0.606. The summed E-state index contributed by atoms with van der Waals surface area (Å²) in [5.74, 6) is 0.541. The Hall–Kier alpha value is -1.14. The molecule has 6 heteroatoms. The van der Waals surface area contributed by atoms with Crippen LogP contribution in [0.1, 0.15) is 19.8 Å². The molecule has 0 aromatic heterocycles. The van der Waals surface area contributed by atoms with Gasteiger partial charge in [-0.05, 0) is 38.4 Å². The second kappa shape index (κ2) is 6.86. The zero-order chi connectivity index (χ0) is 13.7. The Morgan fingerprint density at radius 1 is 1.42 bits per heavy atom. The number of rotatable bonds is 4. The van der Waals surface area contributed by atoms with Crippen LogP contribution >= 0.6 is 0 Å². The van der Waals surface area contributed by atoms with E-state index >= 15 is 0 Å². The van der Waals surface area contributed by atoms with Gasteiger partial charge in [-0.1, -0.05) is 6.92 Å². The first-order chi connectivity index (χ1) is 9.19. The molecule has 0 aromatic carbocycles. The standard InChI is InChI=1S/C13H24N4O2/c1-2-17-5-3-10(4-6-17)7-16-13(19)11-8-15-12(18)9-14-11/h10-11,14H,2-9H2,1H3,(H,15,18)(H,16,19). The van der Waals surface area contributed by atoms with Crippen molar-refractivity contribution in [2.75, 3.05) is 39.3 Å². The first-order valence-corrected chi connectivity index (χ1v) is 7.19. The van der Waals surface area contributed by atoms with Gasteiger partial charge in [0, 0.05) is 13.1 Å². The molecule has 6 nitrogen and oxygen atoms in total. The van der Waals surface area contributed by atoms with E-state index in [1.807, 2.05) is 0 Å². The van der Waals surface area contributed by atoms with Gasteiger partial charge < -0.3 is 15.5 Å². The van der Waals surface area contributed by atoms with Crippen LogP contribution in [0.4, 0.5) is 0 Å². The summed E-state index contributed by atoms with van der Waals surface area (Å²) >= 11 is 0. The molecule has 1 atom stereocenters. The van der Waals surface area contributed by atoms with Crippen molar-refractivity contribution in [2.24, 2.45) is 5.92 Å². The normalized spacial score (nSPS) is 25.9. The molecule has 0 aromatic rings. The molecule has 2 rings (SSSR count). The highest BCUT2D eigenvalue weighted by atomic mass is 16.2. The van der Waals surface area contributed by atoms with Crippen LogP contribution in [-0.4, -0.2) is 62.0 Å². The molecular formula is C13H24N4O2. The topological polar surface area (TPSA) is 73.5 Å². The van der Waals surface area contributed by atoms with E-state index < -0.39 is 0 Å². The number of carbonyl (C=O) groups excluding carboxylic acids is 2. The molecule has 2 saturated heterocycles. The summed E-state index contributed by atoms with van der Waals surface area (Å²) in [5.41, 5.74) is 0. The number of piperidine rings is 1. The molecule has 2 amide bonds. The van der Waals surface area contributed by atoms with Crippen LogP contribution in [0.15, 0.2) is 0 Å². The Bertz CT molecular complexity index is 317. The fourth-order valence-electron chi connectivity index (χ4n) is 2.63. The molecule has 2 aliphatic rings. The van der Waals surface area contributed by atoms with Gasteiger partial charge in [-0.15, -0.1) is 0 Å². The van der Waals surface area contributed by atoms with E-state index in [0.717, 1.165) is 39.0 Å². The van der Waals surface area contributed by atoms with E-state index in [2.05, 4.69) is 27.8 Å². The smallest absolute Gasteiger partial charge is 0.238 e.